The topological polar surface area (TPSA) is 46.0 Å². The Morgan fingerprint density at radius 2 is 2.27 bits per heavy atom. The molecule has 2 aromatic rings. The zero-order valence-corrected chi connectivity index (χ0v) is 9.24. The van der Waals surface area contributed by atoms with Crippen LogP contribution in [0.25, 0.3) is 0 Å². The molecule has 0 bridgehead atoms. The molecule has 1 atom stereocenters. The summed E-state index contributed by atoms with van der Waals surface area (Å²) in [4.78, 5) is 8.33. The van der Waals surface area contributed by atoms with Crippen molar-refractivity contribution in [3.8, 4) is 0 Å². The van der Waals surface area contributed by atoms with Gasteiger partial charge < -0.3 is 5.11 Å². The van der Waals surface area contributed by atoms with Crippen molar-refractivity contribution in [2.45, 2.75) is 19.4 Å². The lowest BCUT2D eigenvalue weighted by atomic mass is 10.1. The highest BCUT2D eigenvalue weighted by Crippen LogP contribution is 2.19. The predicted molar refractivity (Wildman–Crippen MR) is 59.8 cm³/mol. The molecule has 2 aromatic heterocycles. The van der Waals surface area contributed by atoms with Gasteiger partial charge in [0.15, 0.2) is 0 Å². The molecular weight excluding hydrogens is 208 g/mol. The largest absolute Gasteiger partial charge is 0.386 e. The lowest BCUT2D eigenvalue weighted by molar-refractivity contribution is 0.172. The molecule has 0 aliphatic rings. The Labute approximate surface area is 92.5 Å². The molecule has 15 heavy (non-hydrogen) atoms. The van der Waals surface area contributed by atoms with Crippen molar-refractivity contribution in [1.82, 2.24) is 9.97 Å². The van der Waals surface area contributed by atoms with Crippen molar-refractivity contribution in [2.24, 2.45) is 0 Å². The van der Waals surface area contributed by atoms with Crippen LogP contribution in [0.3, 0.4) is 0 Å². The molecule has 4 heteroatoms. The van der Waals surface area contributed by atoms with Gasteiger partial charge >= 0.3 is 0 Å². The number of aromatic nitrogens is 2. The van der Waals surface area contributed by atoms with Crippen LogP contribution in [0, 0.1) is 6.92 Å². The number of aliphatic hydroxyl groups excluding tert-OH is 1. The normalized spacial score (nSPS) is 12.7. The van der Waals surface area contributed by atoms with Crippen molar-refractivity contribution in [3.63, 3.8) is 0 Å². The zero-order valence-electron chi connectivity index (χ0n) is 8.42. The second-order valence-electron chi connectivity index (χ2n) is 3.35. The second-order valence-corrected chi connectivity index (χ2v) is 4.33. The molecule has 0 saturated heterocycles. The first-order valence-corrected chi connectivity index (χ1v) is 5.63. The fourth-order valence-electron chi connectivity index (χ4n) is 1.46. The molecule has 1 N–H and O–H groups in total. The average molecular weight is 220 g/mol. The minimum atomic E-state index is -0.558. The lowest BCUT2D eigenvalue weighted by Crippen LogP contribution is -2.05. The van der Waals surface area contributed by atoms with Crippen molar-refractivity contribution in [3.05, 3.63) is 46.2 Å². The lowest BCUT2D eigenvalue weighted by Gasteiger charge is -2.10. The Morgan fingerprint density at radius 1 is 1.40 bits per heavy atom. The molecule has 3 nitrogen and oxygen atoms in total. The van der Waals surface area contributed by atoms with E-state index in [1.807, 2.05) is 24.4 Å². The molecule has 0 amide bonds. The number of hydrogen-bond acceptors (Lipinski definition) is 4. The highest BCUT2D eigenvalue weighted by molar-refractivity contribution is 7.09. The van der Waals surface area contributed by atoms with Crippen molar-refractivity contribution < 1.29 is 5.11 Å². The van der Waals surface area contributed by atoms with E-state index >= 15 is 0 Å². The Hall–Kier alpha value is -1.26. The molecule has 0 aromatic carbocycles. The van der Waals surface area contributed by atoms with Gasteiger partial charge in [0, 0.05) is 24.2 Å². The summed E-state index contributed by atoms with van der Waals surface area (Å²) in [5.74, 6) is 0. The summed E-state index contributed by atoms with van der Waals surface area (Å²) in [7, 11) is 0. The minimum absolute atomic E-state index is 0.537. The van der Waals surface area contributed by atoms with Crippen molar-refractivity contribution in [2.75, 3.05) is 0 Å². The Morgan fingerprint density at radius 3 is 2.93 bits per heavy atom. The monoisotopic (exact) mass is 220 g/mol. The molecule has 2 rings (SSSR count). The van der Waals surface area contributed by atoms with Crippen molar-refractivity contribution >= 4 is 11.3 Å². The molecule has 2 heterocycles. The number of aliphatic hydroxyl groups is 1. The van der Waals surface area contributed by atoms with E-state index in [4.69, 9.17) is 0 Å². The Kier molecular flexibility index (Phi) is 3.08. The molecule has 78 valence electrons. The van der Waals surface area contributed by atoms with E-state index in [9.17, 15) is 5.11 Å². The first kappa shape index (κ1) is 10.3. The zero-order chi connectivity index (χ0) is 10.7. The molecule has 0 fully saturated rings. The van der Waals surface area contributed by atoms with Gasteiger partial charge in [-0.3, -0.25) is 4.98 Å². The number of pyridine rings is 1. The molecule has 0 radical (unpaired) electrons. The quantitative estimate of drug-likeness (QED) is 0.861. The van der Waals surface area contributed by atoms with E-state index in [2.05, 4.69) is 9.97 Å². The van der Waals surface area contributed by atoms with Crippen LogP contribution < -0.4 is 0 Å². The average Bonchev–Trinajstić information content (AvgIpc) is 2.71. The third-order valence-electron chi connectivity index (χ3n) is 2.22. The van der Waals surface area contributed by atoms with Gasteiger partial charge in [0.1, 0.15) is 6.10 Å². The van der Waals surface area contributed by atoms with Gasteiger partial charge in [0.2, 0.25) is 0 Å². The standard InChI is InChI=1S/C11H12N2OS/c1-8-3-2-4-13-11(8)9(14)7-10-12-5-6-15-10/h2-6,9,14H,7H2,1H3. The van der Waals surface area contributed by atoms with Crippen molar-refractivity contribution in [1.29, 1.82) is 0 Å². The Balaban J connectivity index is 2.15. The first-order valence-electron chi connectivity index (χ1n) is 4.75. The molecular formula is C11H12N2OS. The van der Waals surface area contributed by atoms with Gasteiger partial charge in [-0.15, -0.1) is 11.3 Å². The van der Waals surface area contributed by atoms with Gasteiger partial charge in [-0.25, -0.2) is 4.98 Å². The van der Waals surface area contributed by atoms with Crippen LogP contribution in [0.15, 0.2) is 29.9 Å². The smallest absolute Gasteiger partial charge is 0.103 e. The predicted octanol–water partition coefficient (Wildman–Crippen LogP) is 2.12. The fraction of sp³-hybridized carbons (Fsp3) is 0.273. The van der Waals surface area contributed by atoms with Crippen LogP contribution in [0.1, 0.15) is 22.4 Å². The molecule has 0 spiro atoms. The number of thiazole rings is 1. The summed E-state index contributed by atoms with van der Waals surface area (Å²) in [5, 5.41) is 12.8. The van der Waals surface area contributed by atoms with E-state index < -0.39 is 6.10 Å². The summed E-state index contributed by atoms with van der Waals surface area (Å²) in [6, 6.07) is 3.82. The maximum atomic E-state index is 9.98. The highest BCUT2D eigenvalue weighted by Gasteiger charge is 2.13. The second kappa shape index (κ2) is 4.51. The molecule has 0 saturated carbocycles. The van der Waals surface area contributed by atoms with Crippen LogP contribution in [0.4, 0.5) is 0 Å². The minimum Gasteiger partial charge on any atom is -0.386 e. The van der Waals surface area contributed by atoms with E-state index in [0.29, 0.717) is 6.42 Å². The fourth-order valence-corrected chi connectivity index (χ4v) is 2.12. The van der Waals surface area contributed by atoms with E-state index in [0.717, 1.165) is 16.3 Å². The van der Waals surface area contributed by atoms with E-state index in [1.165, 1.54) is 0 Å². The molecule has 0 aliphatic heterocycles. The SMILES string of the molecule is Cc1cccnc1C(O)Cc1nccs1. The van der Waals surface area contributed by atoms with Crippen LogP contribution in [0.2, 0.25) is 0 Å². The third kappa shape index (κ3) is 2.40. The molecule has 1 unspecified atom stereocenters. The summed E-state index contributed by atoms with van der Waals surface area (Å²) in [6.45, 7) is 1.95. The maximum Gasteiger partial charge on any atom is 0.103 e. The van der Waals surface area contributed by atoms with Crippen LogP contribution >= 0.6 is 11.3 Å². The summed E-state index contributed by atoms with van der Waals surface area (Å²) in [5.41, 5.74) is 1.76. The van der Waals surface area contributed by atoms with E-state index in [-0.39, 0.29) is 0 Å². The highest BCUT2D eigenvalue weighted by atomic mass is 32.1. The van der Waals surface area contributed by atoms with Gasteiger partial charge in [-0.1, -0.05) is 6.07 Å². The van der Waals surface area contributed by atoms with E-state index in [1.54, 1.807) is 23.7 Å². The van der Waals surface area contributed by atoms with Crippen LogP contribution in [-0.4, -0.2) is 15.1 Å². The van der Waals surface area contributed by atoms with Gasteiger partial charge in [-0.2, -0.15) is 0 Å². The number of aryl methyl sites for hydroxylation is 1. The van der Waals surface area contributed by atoms with Gasteiger partial charge in [-0.05, 0) is 18.6 Å². The Bertz CT molecular complexity index is 428. The molecule has 0 aliphatic carbocycles. The summed E-state index contributed by atoms with van der Waals surface area (Å²) in [6.07, 6.45) is 3.43. The summed E-state index contributed by atoms with van der Waals surface area (Å²) < 4.78 is 0. The maximum absolute atomic E-state index is 9.98. The van der Waals surface area contributed by atoms with Gasteiger partial charge in [0.25, 0.3) is 0 Å². The number of nitrogens with zero attached hydrogens (tertiary/aromatic N) is 2. The first-order chi connectivity index (χ1) is 7.27. The number of rotatable bonds is 3. The van der Waals surface area contributed by atoms with Crippen LogP contribution in [-0.2, 0) is 6.42 Å². The van der Waals surface area contributed by atoms with Gasteiger partial charge in [0.05, 0.1) is 10.7 Å². The number of hydrogen-bond donors (Lipinski definition) is 1. The third-order valence-corrected chi connectivity index (χ3v) is 3.02. The van der Waals surface area contributed by atoms with Crippen LogP contribution in [0.5, 0.6) is 0 Å². The summed E-state index contributed by atoms with van der Waals surface area (Å²) >= 11 is 1.55.